The third kappa shape index (κ3) is 3.71. The molecule has 5 nitrogen and oxygen atoms in total. The highest BCUT2D eigenvalue weighted by Gasteiger charge is 2.27. The van der Waals surface area contributed by atoms with Gasteiger partial charge in [0.05, 0.1) is 18.0 Å². The van der Waals surface area contributed by atoms with Gasteiger partial charge in [0.1, 0.15) is 5.82 Å². The number of benzene rings is 1. The highest BCUT2D eigenvalue weighted by atomic mass is 32.2. The molecule has 0 saturated heterocycles. The van der Waals surface area contributed by atoms with Gasteiger partial charge in [0.15, 0.2) is 5.16 Å². The van der Waals surface area contributed by atoms with Gasteiger partial charge in [-0.1, -0.05) is 37.8 Å². The van der Waals surface area contributed by atoms with Crippen LogP contribution >= 0.6 is 11.8 Å². The number of fused-ring (bicyclic) bond motifs is 1. The molecular formula is C21H22FN3O2S. The summed E-state index contributed by atoms with van der Waals surface area (Å²) in [5.41, 5.74) is 2.81. The second-order valence-electron chi connectivity index (χ2n) is 7.22. The van der Waals surface area contributed by atoms with Gasteiger partial charge in [0.2, 0.25) is 0 Å². The molecule has 1 amide bonds. The van der Waals surface area contributed by atoms with Crippen molar-refractivity contribution in [2.45, 2.75) is 31.5 Å². The Balaban J connectivity index is 1.60. The summed E-state index contributed by atoms with van der Waals surface area (Å²) in [4.78, 5) is 18.4. The molecule has 28 heavy (non-hydrogen) atoms. The van der Waals surface area contributed by atoms with Crippen LogP contribution in [-0.4, -0.2) is 32.9 Å². The van der Waals surface area contributed by atoms with Gasteiger partial charge in [-0.3, -0.25) is 4.90 Å². The molecule has 0 atom stereocenters. The smallest absolute Gasteiger partial charge is 0.417 e. The average molecular weight is 399 g/mol. The fourth-order valence-electron chi connectivity index (χ4n) is 3.26. The normalized spacial score (nSPS) is 16.1. The zero-order valence-corrected chi connectivity index (χ0v) is 16.7. The van der Waals surface area contributed by atoms with Gasteiger partial charge in [0, 0.05) is 36.2 Å². The molecule has 0 saturated carbocycles. The number of carbonyl (C=O) groups excluding carboxylic acids is 1. The van der Waals surface area contributed by atoms with E-state index in [0.29, 0.717) is 12.5 Å². The molecule has 0 radical (unpaired) electrons. The Hall–Kier alpha value is -2.54. The monoisotopic (exact) mass is 399 g/mol. The van der Waals surface area contributed by atoms with E-state index in [0.717, 1.165) is 34.4 Å². The van der Waals surface area contributed by atoms with Crippen molar-refractivity contribution >= 4 is 17.9 Å². The van der Waals surface area contributed by atoms with E-state index >= 15 is 0 Å². The number of allylic oxidation sites excluding steroid dienone is 2. The summed E-state index contributed by atoms with van der Waals surface area (Å²) in [6.45, 7) is 5.28. The van der Waals surface area contributed by atoms with Crippen molar-refractivity contribution < 1.29 is 13.9 Å². The summed E-state index contributed by atoms with van der Waals surface area (Å²) >= 11 is 1.72. The van der Waals surface area contributed by atoms with Gasteiger partial charge in [-0.05, 0) is 30.2 Å². The Labute approximate surface area is 167 Å². The van der Waals surface area contributed by atoms with Crippen LogP contribution in [0.3, 0.4) is 0 Å². The predicted octanol–water partition coefficient (Wildman–Crippen LogP) is 5.01. The van der Waals surface area contributed by atoms with Crippen LogP contribution in [0.2, 0.25) is 0 Å². The van der Waals surface area contributed by atoms with E-state index in [9.17, 15) is 9.18 Å². The zero-order chi connectivity index (χ0) is 19.7. The molecule has 0 N–H and O–H groups in total. The third-order valence-electron chi connectivity index (χ3n) is 4.61. The van der Waals surface area contributed by atoms with Crippen LogP contribution in [-0.2, 0) is 11.3 Å². The van der Waals surface area contributed by atoms with E-state index < -0.39 is 0 Å². The van der Waals surface area contributed by atoms with Crippen molar-refractivity contribution in [3.63, 3.8) is 0 Å². The number of amides is 1. The molecular weight excluding hydrogens is 377 g/mol. The maximum atomic E-state index is 13.3. The molecule has 2 aliphatic rings. The average Bonchev–Trinajstić information content (AvgIpc) is 3.28. The van der Waals surface area contributed by atoms with E-state index in [4.69, 9.17) is 9.72 Å². The lowest BCUT2D eigenvalue weighted by Crippen LogP contribution is -2.25. The Morgan fingerprint density at radius 1 is 1.29 bits per heavy atom. The van der Waals surface area contributed by atoms with Crippen LogP contribution in [0.25, 0.3) is 11.3 Å². The number of carbonyl (C=O) groups is 1. The van der Waals surface area contributed by atoms with Crippen LogP contribution in [0.5, 0.6) is 0 Å². The first-order chi connectivity index (χ1) is 13.5. The van der Waals surface area contributed by atoms with E-state index in [1.165, 1.54) is 17.0 Å². The number of ether oxygens (including phenoxy) is 1. The number of thioether (sulfide) groups is 1. The quantitative estimate of drug-likeness (QED) is 0.725. The number of hydrogen-bond donors (Lipinski definition) is 0. The number of aromatic nitrogens is 2. The van der Waals surface area contributed by atoms with Crippen LogP contribution in [0.15, 0.2) is 54.0 Å². The molecule has 0 bridgehead atoms. The summed E-state index contributed by atoms with van der Waals surface area (Å²) < 4.78 is 20.8. The maximum absolute atomic E-state index is 13.3. The third-order valence-corrected chi connectivity index (χ3v) is 5.57. The minimum Gasteiger partial charge on any atom is -0.449 e. The van der Waals surface area contributed by atoms with E-state index in [1.807, 2.05) is 26.0 Å². The van der Waals surface area contributed by atoms with Crippen LogP contribution in [0.1, 0.15) is 25.5 Å². The zero-order valence-electron chi connectivity index (χ0n) is 15.8. The molecule has 0 fully saturated rings. The van der Waals surface area contributed by atoms with Crippen molar-refractivity contribution in [2.24, 2.45) is 5.92 Å². The van der Waals surface area contributed by atoms with Gasteiger partial charge in [-0.15, -0.1) is 0 Å². The first-order valence-corrected chi connectivity index (χ1v) is 10.3. The number of halogens is 1. The Morgan fingerprint density at radius 3 is 2.68 bits per heavy atom. The summed E-state index contributed by atoms with van der Waals surface area (Å²) in [6, 6.07) is 6.42. The summed E-state index contributed by atoms with van der Waals surface area (Å²) in [5.74, 6) is 1.00. The number of nitrogens with zero attached hydrogens (tertiary/aromatic N) is 3. The number of hydrogen-bond acceptors (Lipinski definition) is 4. The standard InChI is InChI=1S/C21H22FN3O2S/c1-14(2)13-27-21(26)24-9-7-16(8-10-24)19-18(15-3-5-17(22)6-4-15)23-20-25(19)11-12-28-20/h3-10,14,16H,11-13H2,1-2H3. The second-order valence-corrected chi connectivity index (χ2v) is 8.28. The fraction of sp³-hybridized carbons (Fsp3) is 0.333. The van der Waals surface area contributed by atoms with Crippen molar-refractivity contribution in [3.8, 4) is 11.3 Å². The fourth-order valence-corrected chi connectivity index (χ4v) is 4.22. The molecule has 0 unspecified atom stereocenters. The predicted molar refractivity (Wildman–Crippen MR) is 107 cm³/mol. The van der Waals surface area contributed by atoms with Crippen molar-refractivity contribution in [1.82, 2.24) is 14.5 Å². The summed E-state index contributed by atoms with van der Waals surface area (Å²) in [6.07, 6.45) is 7.04. The van der Waals surface area contributed by atoms with Crippen LogP contribution < -0.4 is 0 Å². The Morgan fingerprint density at radius 2 is 2.00 bits per heavy atom. The highest BCUT2D eigenvalue weighted by molar-refractivity contribution is 7.99. The van der Waals surface area contributed by atoms with Gasteiger partial charge < -0.3 is 9.30 Å². The molecule has 4 rings (SSSR count). The summed E-state index contributed by atoms with van der Waals surface area (Å²) in [7, 11) is 0. The van der Waals surface area contributed by atoms with Crippen molar-refractivity contribution in [3.05, 3.63) is 60.3 Å². The Bertz CT molecular complexity index is 920. The molecule has 0 spiro atoms. The lowest BCUT2D eigenvalue weighted by atomic mass is 9.98. The molecule has 146 valence electrons. The van der Waals surface area contributed by atoms with E-state index in [1.54, 1.807) is 36.3 Å². The highest BCUT2D eigenvalue weighted by Crippen LogP contribution is 2.38. The number of imidazole rings is 1. The molecule has 1 aromatic carbocycles. The molecule has 7 heteroatoms. The molecule has 3 heterocycles. The molecule has 2 aromatic rings. The largest absolute Gasteiger partial charge is 0.449 e. The van der Waals surface area contributed by atoms with Crippen LogP contribution in [0, 0.1) is 11.7 Å². The minimum atomic E-state index is -0.382. The lowest BCUT2D eigenvalue weighted by Gasteiger charge is -2.21. The molecule has 1 aromatic heterocycles. The maximum Gasteiger partial charge on any atom is 0.417 e. The van der Waals surface area contributed by atoms with Gasteiger partial charge in [-0.25, -0.2) is 14.2 Å². The van der Waals surface area contributed by atoms with E-state index in [2.05, 4.69) is 4.57 Å². The van der Waals surface area contributed by atoms with Crippen LogP contribution in [0.4, 0.5) is 9.18 Å². The first kappa shape index (κ1) is 18.8. The molecule has 0 aliphatic carbocycles. The van der Waals surface area contributed by atoms with Gasteiger partial charge in [0.25, 0.3) is 0 Å². The SMILES string of the molecule is CC(C)COC(=O)N1C=CC(c2c(-c3ccc(F)cc3)nc3n2CCS3)C=C1. The lowest BCUT2D eigenvalue weighted by molar-refractivity contribution is 0.115. The summed E-state index contributed by atoms with van der Waals surface area (Å²) in [5, 5.41) is 0.981. The van der Waals surface area contributed by atoms with E-state index in [-0.39, 0.29) is 17.8 Å². The number of rotatable bonds is 4. The second kappa shape index (κ2) is 7.83. The minimum absolute atomic E-state index is 0.0193. The molecule has 2 aliphatic heterocycles. The van der Waals surface area contributed by atoms with Crippen molar-refractivity contribution in [2.75, 3.05) is 12.4 Å². The van der Waals surface area contributed by atoms with Crippen molar-refractivity contribution in [1.29, 1.82) is 0 Å². The Kier molecular flexibility index (Phi) is 5.26. The first-order valence-electron chi connectivity index (χ1n) is 9.34. The topological polar surface area (TPSA) is 47.4 Å². The van der Waals surface area contributed by atoms with Gasteiger partial charge in [-0.2, -0.15) is 0 Å². The van der Waals surface area contributed by atoms with Gasteiger partial charge >= 0.3 is 6.09 Å².